The molecule has 1 N–H and O–H groups in total. The summed E-state index contributed by atoms with van der Waals surface area (Å²) in [5.41, 5.74) is -0.397. The Hall–Kier alpha value is -4.36. The van der Waals surface area contributed by atoms with Gasteiger partial charge in [-0.15, -0.1) is 0 Å². The molecule has 36 heavy (non-hydrogen) atoms. The molecule has 0 atom stereocenters. The van der Waals surface area contributed by atoms with E-state index >= 15 is 0 Å². The smallest absolute Gasteiger partial charge is 0.268 e. The number of ketones is 1. The number of hydrogen-bond acceptors (Lipinski definition) is 6. The van der Waals surface area contributed by atoms with Crippen molar-refractivity contribution < 1.29 is 27.8 Å². The Labute approximate surface area is 205 Å². The van der Waals surface area contributed by atoms with Gasteiger partial charge in [0.15, 0.2) is 12.4 Å². The van der Waals surface area contributed by atoms with Crippen molar-refractivity contribution in [1.82, 2.24) is 4.57 Å². The van der Waals surface area contributed by atoms with Crippen molar-refractivity contribution in [1.29, 1.82) is 5.26 Å². The molecular formula is C26H23F2N3O5. The first-order chi connectivity index (χ1) is 17.2. The van der Waals surface area contributed by atoms with Crippen LogP contribution in [0, 0.1) is 29.9 Å². The van der Waals surface area contributed by atoms with E-state index in [9.17, 15) is 28.4 Å². The summed E-state index contributed by atoms with van der Waals surface area (Å²) >= 11 is 0. The van der Waals surface area contributed by atoms with Crippen LogP contribution in [0.4, 0.5) is 14.5 Å². The van der Waals surface area contributed by atoms with Crippen LogP contribution < -0.4 is 15.6 Å². The predicted molar refractivity (Wildman–Crippen MR) is 127 cm³/mol. The average Bonchev–Trinajstić information content (AvgIpc) is 2.86. The number of halogens is 2. The average molecular weight is 495 g/mol. The molecule has 0 aliphatic carbocycles. The van der Waals surface area contributed by atoms with Crippen LogP contribution in [-0.2, 0) is 16.1 Å². The molecule has 1 aromatic heterocycles. The van der Waals surface area contributed by atoms with Gasteiger partial charge in [-0.05, 0) is 55.3 Å². The second kappa shape index (κ2) is 11.9. The lowest BCUT2D eigenvalue weighted by molar-refractivity contribution is -0.118. The fourth-order valence-corrected chi connectivity index (χ4v) is 3.36. The molecule has 3 aromatic rings. The van der Waals surface area contributed by atoms with Crippen molar-refractivity contribution in [3.63, 3.8) is 0 Å². The molecule has 0 radical (unpaired) electrons. The SMILES string of the molecule is COCCCn1cc(C(=O)c2cc(F)ccc2OCC(=O)Nc2ccc(C)c(F)c2)cc(C#N)c1=O. The molecule has 0 aliphatic heterocycles. The Balaban J connectivity index is 1.83. The summed E-state index contributed by atoms with van der Waals surface area (Å²) in [7, 11) is 1.51. The predicted octanol–water partition coefficient (Wildman–Crippen LogP) is 3.59. The highest BCUT2D eigenvalue weighted by molar-refractivity contribution is 6.10. The largest absolute Gasteiger partial charge is 0.483 e. The summed E-state index contributed by atoms with van der Waals surface area (Å²) in [6.45, 7) is 1.62. The first-order valence-electron chi connectivity index (χ1n) is 10.9. The van der Waals surface area contributed by atoms with Crippen molar-refractivity contribution in [2.75, 3.05) is 25.6 Å². The van der Waals surface area contributed by atoms with Gasteiger partial charge in [0.05, 0.1) is 5.56 Å². The summed E-state index contributed by atoms with van der Waals surface area (Å²) < 4.78 is 39.4. The van der Waals surface area contributed by atoms with E-state index in [1.165, 1.54) is 36.1 Å². The second-order valence-corrected chi connectivity index (χ2v) is 7.87. The minimum atomic E-state index is -0.723. The topological polar surface area (TPSA) is 110 Å². The van der Waals surface area contributed by atoms with Gasteiger partial charge in [0.2, 0.25) is 0 Å². The van der Waals surface area contributed by atoms with Crippen LogP contribution >= 0.6 is 0 Å². The van der Waals surface area contributed by atoms with Crippen LogP contribution in [0.15, 0.2) is 53.5 Å². The zero-order valence-corrected chi connectivity index (χ0v) is 19.6. The Morgan fingerprint density at radius 1 is 1.14 bits per heavy atom. The number of rotatable bonds is 10. The highest BCUT2D eigenvalue weighted by atomic mass is 19.1. The van der Waals surface area contributed by atoms with Gasteiger partial charge in [-0.1, -0.05) is 6.07 Å². The monoisotopic (exact) mass is 495 g/mol. The number of methoxy groups -OCH3 is 1. The van der Waals surface area contributed by atoms with Crippen LogP contribution in [0.5, 0.6) is 5.75 Å². The van der Waals surface area contributed by atoms with Crippen molar-refractivity contribution in [2.24, 2.45) is 0 Å². The quantitative estimate of drug-likeness (QED) is 0.340. The molecule has 0 bridgehead atoms. The fraction of sp³-hybridized carbons (Fsp3) is 0.231. The van der Waals surface area contributed by atoms with E-state index in [-0.39, 0.29) is 34.7 Å². The summed E-state index contributed by atoms with van der Waals surface area (Å²) in [4.78, 5) is 38.0. The Morgan fingerprint density at radius 3 is 2.61 bits per heavy atom. The van der Waals surface area contributed by atoms with Crippen molar-refractivity contribution >= 4 is 17.4 Å². The van der Waals surface area contributed by atoms with E-state index in [4.69, 9.17) is 9.47 Å². The third-order valence-electron chi connectivity index (χ3n) is 5.22. The summed E-state index contributed by atoms with van der Waals surface area (Å²) in [6, 6.07) is 10.3. The lowest BCUT2D eigenvalue weighted by Crippen LogP contribution is -2.25. The molecule has 0 aliphatic rings. The van der Waals surface area contributed by atoms with E-state index in [1.807, 2.05) is 0 Å². The molecule has 186 valence electrons. The molecule has 10 heteroatoms. The van der Waals surface area contributed by atoms with E-state index in [1.54, 1.807) is 13.0 Å². The maximum atomic E-state index is 14.0. The van der Waals surface area contributed by atoms with E-state index in [0.717, 1.165) is 24.3 Å². The maximum Gasteiger partial charge on any atom is 0.268 e. The van der Waals surface area contributed by atoms with Gasteiger partial charge < -0.3 is 19.4 Å². The van der Waals surface area contributed by atoms with E-state index < -0.39 is 35.5 Å². The number of anilines is 1. The molecule has 8 nitrogen and oxygen atoms in total. The van der Waals surface area contributed by atoms with Gasteiger partial charge in [0.1, 0.15) is 29.0 Å². The summed E-state index contributed by atoms with van der Waals surface area (Å²) in [6.07, 6.45) is 1.75. The number of carbonyl (C=O) groups is 2. The zero-order chi connectivity index (χ0) is 26.2. The number of benzene rings is 2. The third kappa shape index (κ3) is 6.40. The standard InChI is InChI=1S/C26H23F2N3O5/c1-16-4-6-20(12-22(16)28)30-24(32)15-36-23-7-5-19(27)11-21(23)25(33)18-10-17(13-29)26(34)31(14-18)8-3-9-35-2/h4-7,10-12,14H,3,8-9,15H2,1-2H3,(H,30,32). The fourth-order valence-electron chi connectivity index (χ4n) is 3.36. The molecule has 0 saturated carbocycles. The molecule has 1 heterocycles. The van der Waals surface area contributed by atoms with Gasteiger partial charge in [0.25, 0.3) is 11.5 Å². The number of aryl methyl sites for hydroxylation is 2. The Kier molecular flexibility index (Phi) is 8.65. The molecule has 0 saturated heterocycles. The van der Waals surface area contributed by atoms with Crippen LogP contribution in [0.2, 0.25) is 0 Å². The van der Waals surface area contributed by atoms with E-state index in [0.29, 0.717) is 18.6 Å². The van der Waals surface area contributed by atoms with Gasteiger partial charge >= 0.3 is 0 Å². The summed E-state index contributed by atoms with van der Waals surface area (Å²) in [5.74, 6) is -2.62. The Morgan fingerprint density at radius 2 is 1.92 bits per heavy atom. The van der Waals surface area contributed by atoms with Crippen molar-refractivity contribution in [2.45, 2.75) is 19.9 Å². The number of aromatic nitrogens is 1. The first kappa shape index (κ1) is 26.2. The number of carbonyl (C=O) groups excluding carboxylic acids is 2. The zero-order valence-electron chi connectivity index (χ0n) is 19.6. The molecule has 3 rings (SSSR count). The molecule has 0 fully saturated rings. The second-order valence-electron chi connectivity index (χ2n) is 7.87. The molecule has 1 amide bonds. The molecule has 2 aromatic carbocycles. The van der Waals surface area contributed by atoms with Crippen LogP contribution in [0.3, 0.4) is 0 Å². The third-order valence-corrected chi connectivity index (χ3v) is 5.22. The van der Waals surface area contributed by atoms with E-state index in [2.05, 4.69) is 5.32 Å². The maximum absolute atomic E-state index is 14.0. The minimum absolute atomic E-state index is 0.0291. The molecule has 0 unspecified atom stereocenters. The lowest BCUT2D eigenvalue weighted by Gasteiger charge is -2.13. The van der Waals surface area contributed by atoms with Crippen molar-refractivity contribution in [3.05, 3.63) is 92.9 Å². The first-order valence-corrected chi connectivity index (χ1v) is 10.9. The van der Waals surface area contributed by atoms with Crippen LogP contribution in [0.1, 0.15) is 33.5 Å². The number of nitrogens with zero attached hydrogens (tertiary/aromatic N) is 2. The minimum Gasteiger partial charge on any atom is -0.483 e. The highest BCUT2D eigenvalue weighted by Gasteiger charge is 2.20. The molecule has 0 spiro atoms. The molecular weight excluding hydrogens is 472 g/mol. The van der Waals surface area contributed by atoms with Gasteiger partial charge in [-0.25, -0.2) is 8.78 Å². The number of nitrogens with one attached hydrogen (secondary N) is 1. The number of hydrogen-bond donors (Lipinski definition) is 1. The number of ether oxygens (including phenoxy) is 2. The summed E-state index contributed by atoms with van der Waals surface area (Å²) in [5, 5.41) is 11.8. The number of pyridine rings is 1. The normalized spacial score (nSPS) is 10.5. The van der Waals surface area contributed by atoms with Gasteiger partial charge in [-0.3, -0.25) is 14.4 Å². The van der Waals surface area contributed by atoms with Crippen LogP contribution in [-0.4, -0.2) is 36.6 Å². The highest BCUT2D eigenvalue weighted by Crippen LogP contribution is 2.23. The van der Waals surface area contributed by atoms with Crippen LogP contribution in [0.25, 0.3) is 0 Å². The van der Waals surface area contributed by atoms with Gasteiger partial charge in [0, 0.05) is 37.7 Å². The number of amides is 1. The number of nitriles is 1. The van der Waals surface area contributed by atoms with Gasteiger partial charge in [-0.2, -0.15) is 5.26 Å². The lowest BCUT2D eigenvalue weighted by atomic mass is 10.0. The Bertz CT molecular complexity index is 1400. The van der Waals surface area contributed by atoms with Crippen molar-refractivity contribution in [3.8, 4) is 11.8 Å².